The van der Waals surface area contributed by atoms with Gasteiger partial charge in [0.05, 0.1) is 0 Å². The zero-order chi connectivity index (χ0) is 14.7. The molecule has 0 saturated carbocycles. The lowest BCUT2D eigenvalue weighted by Crippen LogP contribution is -2.36. The van der Waals surface area contributed by atoms with E-state index in [0.29, 0.717) is 24.0 Å². The molecule has 0 aliphatic heterocycles. The summed E-state index contributed by atoms with van der Waals surface area (Å²) in [5, 5.41) is 18.7. The molecule has 2 aromatic rings. The van der Waals surface area contributed by atoms with E-state index in [9.17, 15) is 18.8 Å². The van der Waals surface area contributed by atoms with E-state index in [4.69, 9.17) is 0 Å². The minimum atomic E-state index is -2.06. The molecule has 2 nitrogen and oxygen atoms in total. The lowest BCUT2D eigenvalue weighted by molar-refractivity contribution is 0.420. The molecule has 5 heteroatoms. The van der Waals surface area contributed by atoms with Crippen molar-refractivity contribution in [3.8, 4) is 11.1 Å². The Bertz CT molecular complexity index is 601. The van der Waals surface area contributed by atoms with E-state index in [0.717, 1.165) is 0 Å². The van der Waals surface area contributed by atoms with Crippen molar-refractivity contribution >= 4 is 12.6 Å². The lowest BCUT2D eigenvalue weighted by atomic mass is 9.74. The van der Waals surface area contributed by atoms with Gasteiger partial charge in [-0.25, -0.2) is 8.78 Å². The molecule has 0 fully saturated rings. The van der Waals surface area contributed by atoms with Gasteiger partial charge in [0.1, 0.15) is 0 Å². The Labute approximate surface area is 116 Å². The van der Waals surface area contributed by atoms with E-state index in [1.807, 2.05) is 6.92 Å². The molecule has 2 aromatic carbocycles. The highest BCUT2D eigenvalue weighted by Crippen LogP contribution is 2.23. The number of rotatable bonds is 4. The molecule has 0 aromatic heterocycles. The van der Waals surface area contributed by atoms with Gasteiger partial charge < -0.3 is 10.0 Å². The summed E-state index contributed by atoms with van der Waals surface area (Å²) in [6.07, 6.45) is 1.07. The average Bonchev–Trinajstić information content (AvgIpc) is 2.44. The Morgan fingerprint density at radius 1 is 1.05 bits per heavy atom. The molecule has 0 saturated heterocycles. The van der Waals surface area contributed by atoms with E-state index < -0.39 is 24.2 Å². The van der Waals surface area contributed by atoms with Gasteiger partial charge in [0.15, 0.2) is 11.6 Å². The molecule has 0 bridgehead atoms. The van der Waals surface area contributed by atoms with E-state index in [2.05, 4.69) is 0 Å². The molecule has 2 rings (SSSR count). The van der Waals surface area contributed by atoms with Gasteiger partial charge in [-0.05, 0) is 29.2 Å². The maximum absolute atomic E-state index is 14.1. The molecular formula is C15H15BF2O2. The fraction of sp³-hybridized carbons (Fsp3) is 0.200. The molecule has 2 N–H and O–H groups in total. The highest BCUT2D eigenvalue weighted by Gasteiger charge is 2.26. The number of hydrogen-bond acceptors (Lipinski definition) is 2. The smallest absolute Gasteiger partial charge is 0.423 e. The van der Waals surface area contributed by atoms with Gasteiger partial charge in [0.2, 0.25) is 0 Å². The van der Waals surface area contributed by atoms with Crippen LogP contribution in [0.4, 0.5) is 8.78 Å². The van der Waals surface area contributed by atoms with E-state index in [1.54, 1.807) is 30.3 Å². The van der Waals surface area contributed by atoms with Crippen LogP contribution < -0.4 is 5.46 Å². The number of aryl methyl sites for hydroxylation is 1. The summed E-state index contributed by atoms with van der Waals surface area (Å²) in [7, 11) is -2.06. The molecule has 0 aliphatic rings. The van der Waals surface area contributed by atoms with Crippen LogP contribution in [0.1, 0.15) is 18.9 Å². The number of benzene rings is 2. The maximum Gasteiger partial charge on any atom is 0.492 e. The van der Waals surface area contributed by atoms with Crippen molar-refractivity contribution in [2.24, 2.45) is 0 Å². The second-order valence-electron chi connectivity index (χ2n) is 4.61. The second kappa shape index (κ2) is 6.16. The minimum Gasteiger partial charge on any atom is -0.423 e. The van der Waals surface area contributed by atoms with E-state index in [1.165, 1.54) is 6.07 Å². The van der Waals surface area contributed by atoms with Crippen molar-refractivity contribution in [3.63, 3.8) is 0 Å². The third-order valence-electron chi connectivity index (χ3n) is 3.18. The van der Waals surface area contributed by atoms with Gasteiger partial charge in [0.25, 0.3) is 0 Å². The molecule has 20 heavy (non-hydrogen) atoms. The van der Waals surface area contributed by atoms with Crippen molar-refractivity contribution in [3.05, 3.63) is 53.6 Å². The predicted octanol–water partition coefficient (Wildman–Crippen LogP) is 2.26. The second-order valence-corrected chi connectivity index (χ2v) is 4.61. The van der Waals surface area contributed by atoms with Gasteiger partial charge in [-0.2, -0.15) is 0 Å². The Kier molecular flexibility index (Phi) is 4.52. The third kappa shape index (κ3) is 2.74. The SMILES string of the molecule is CCCc1cc(-c2ccccc2)c(B(O)O)c(F)c1F. The van der Waals surface area contributed by atoms with Crippen LogP contribution >= 0.6 is 0 Å². The first-order chi connectivity index (χ1) is 9.56. The van der Waals surface area contributed by atoms with Crippen molar-refractivity contribution in [2.75, 3.05) is 0 Å². The maximum atomic E-state index is 14.1. The first kappa shape index (κ1) is 14.7. The Morgan fingerprint density at radius 3 is 2.25 bits per heavy atom. The highest BCUT2D eigenvalue weighted by molar-refractivity contribution is 6.60. The van der Waals surface area contributed by atoms with Gasteiger partial charge in [-0.15, -0.1) is 0 Å². The zero-order valence-electron chi connectivity index (χ0n) is 11.1. The molecular weight excluding hydrogens is 261 g/mol. The largest absolute Gasteiger partial charge is 0.492 e. The van der Waals surface area contributed by atoms with Crippen molar-refractivity contribution in [1.82, 2.24) is 0 Å². The number of hydrogen-bond donors (Lipinski definition) is 2. The van der Waals surface area contributed by atoms with Crippen molar-refractivity contribution < 1.29 is 18.8 Å². The van der Waals surface area contributed by atoms with Crippen molar-refractivity contribution in [2.45, 2.75) is 19.8 Å². The van der Waals surface area contributed by atoms with Crippen LogP contribution in [0.15, 0.2) is 36.4 Å². The molecule has 104 valence electrons. The number of halogens is 2. The summed E-state index contributed by atoms with van der Waals surface area (Å²) >= 11 is 0. The molecule has 0 heterocycles. The van der Waals surface area contributed by atoms with Crippen LogP contribution in [0.25, 0.3) is 11.1 Å². The van der Waals surface area contributed by atoms with Gasteiger partial charge in [-0.1, -0.05) is 43.7 Å². The average molecular weight is 276 g/mol. The fourth-order valence-corrected chi connectivity index (χ4v) is 2.25. The molecule has 0 amide bonds. The van der Waals surface area contributed by atoms with Gasteiger partial charge in [-0.3, -0.25) is 0 Å². The van der Waals surface area contributed by atoms with Crippen LogP contribution in [0.3, 0.4) is 0 Å². The highest BCUT2D eigenvalue weighted by atomic mass is 19.2. The Morgan fingerprint density at radius 2 is 1.70 bits per heavy atom. The van der Waals surface area contributed by atoms with Crippen LogP contribution in [0.2, 0.25) is 0 Å². The van der Waals surface area contributed by atoms with E-state index >= 15 is 0 Å². The van der Waals surface area contributed by atoms with Crippen LogP contribution in [-0.2, 0) is 6.42 Å². The minimum absolute atomic E-state index is 0.244. The van der Waals surface area contributed by atoms with Crippen molar-refractivity contribution in [1.29, 1.82) is 0 Å². The molecule has 0 atom stereocenters. The van der Waals surface area contributed by atoms with Gasteiger partial charge in [0, 0.05) is 5.46 Å². The molecule has 0 spiro atoms. The Balaban J connectivity index is 2.70. The summed E-state index contributed by atoms with van der Waals surface area (Å²) in [5.41, 5.74) is 0.747. The lowest BCUT2D eigenvalue weighted by Gasteiger charge is -2.14. The normalized spacial score (nSPS) is 10.7. The summed E-state index contributed by atoms with van der Waals surface area (Å²) < 4.78 is 28.0. The summed E-state index contributed by atoms with van der Waals surface area (Å²) in [5.74, 6) is -2.19. The molecule has 0 radical (unpaired) electrons. The zero-order valence-corrected chi connectivity index (χ0v) is 11.1. The van der Waals surface area contributed by atoms with Crippen LogP contribution in [0.5, 0.6) is 0 Å². The monoisotopic (exact) mass is 276 g/mol. The summed E-state index contributed by atoms with van der Waals surface area (Å²) in [4.78, 5) is 0. The topological polar surface area (TPSA) is 40.5 Å². The molecule has 0 unspecified atom stereocenters. The standard InChI is InChI=1S/C15H15BF2O2/c1-2-6-11-9-12(10-7-4-3-5-8-10)13(16(19)20)15(18)14(11)17/h3-5,7-9,19-20H,2,6H2,1H3. The van der Waals surface area contributed by atoms with Gasteiger partial charge >= 0.3 is 7.12 Å². The predicted molar refractivity (Wildman–Crippen MR) is 75.6 cm³/mol. The summed E-state index contributed by atoms with van der Waals surface area (Å²) in [6.45, 7) is 1.87. The first-order valence-corrected chi connectivity index (χ1v) is 6.48. The summed E-state index contributed by atoms with van der Waals surface area (Å²) in [6, 6.07) is 10.2. The van der Waals surface area contributed by atoms with Crippen LogP contribution in [-0.4, -0.2) is 17.2 Å². The van der Waals surface area contributed by atoms with Crippen LogP contribution in [0, 0.1) is 11.6 Å². The Hall–Kier alpha value is -1.72. The quantitative estimate of drug-likeness (QED) is 0.841. The molecule has 0 aliphatic carbocycles. The third-order valence-corrected chi connectivity index (χ3v) is 3.18. The van der Waals surface area contributed by atoms with E-state index in [-0.39, 0.29) is 5.56 Å². The first-order valence-electron chi connectivity index (χ1n) is 6.48. The fourth-order valence-electron chi connectivity index (χ4n) is 2.25.